The maximum absolute atomic E-state index is 11.8. The van der Waals surface area contributed by atoms with Crippen molar-refractivity contribution in [3.63, 3.8) is 0 Å². The molecule has 1 amide bonds. The van der Waals surface area contributed by atoms with Gasteiger partial charge >= 0.3 is 0 Å². The Hall–Kier alpha value is -3.04. The molecule has 1 saturated heterocycles. The first-order chi connectivity index (χ1) is 12.7. The molecular formula is C20H17N3O2S. The van der Waals surface area contributed by atoms with Gasteiger partial charge < -0.3 is 4.74 Å². The molecule has 6 heteroatoms. The van der Waals surface area contributed by atoms with Crippen molar-refractivity contribution in [1.29, 1.82) is 5.26 Å². The van der Waals surface area contributed by atoms with Crippen LogP contribution >= 0.6 is 11.8 Å². The normalized spacial score (nSPS) is 17.8. The van der Waals surface area contributed by atoms with Crippen molar-refractivity contribution in [3.8, 4) is 11.9 Å². The van der Waals surface area contributed by atoms with Gasteiger partial charge in [-0.1, -0.05) is 49.4 Å². The summed E-state index contributed by atoms with van der Waals surface area (Å²) in [5, 5.41) is 11.4. The van der Waals surface area contributed by atoms with E-state index >= 15 is 0 Å². The lowest BCUT2D eigenvalue weighted by Gasteiger charge is -2.13. The van der Waals surface area contributed by atoms with Crippen LogP contribution in [-0.4, -0.2) is 17.7 Å². The second kappa shape index (κ2) is 8.37. The molecule has 1 fully saturated rings. The maximum Gasteiger partial charge on any atom is 0.264 e. The molecule has 0 spiro atoms. The Balaban J connectivity index is 1.61. The van der Waals surface area contributed by atoms with E-state index in [4.69, 9.17) is 10.00 Å². The molecule has 0 saturated carbocycles. The highest BCUT2D eigenvalue weighted by Crippen LogP contribution is 2.26. The lowest BCUT2D eigenvalue weighted by atomic mass is 10.0. The average molecular weight is 363 g/mol. The standard InChI is InChI=1S/C20H17N3O2S/c1-14(16-5-3-2-4-6-16)12-25-17-9-7-15(8-10-17)11-18-19(24)23-20(26-18)22-13-21/h2-11,14H,12H2,1H3,(H,22,23,24)/b18-11+. The van der Waals surface area contributed by atoms with Crippen LogP contribution in [0.3, 0.4) is 0 Å². The minimum Gasteiger partial charge on any atom is -0.493 e. The number of aliphatic imine (C=N–C) groups is 1. The molecule has 0 radical (unpaired) electrons. The lowest BCUT2D eigenvalue weighted by Crippen LogP contribution is -2.19. The first kappa shape index (κ1) is 17.8. The Morgan fingerprint density at radius 3 is 2.65 bits per heavy atom. The summed E-state index contributed by atoms with van der Waals surface area (Å²) in [6.07, 6.45) is 3.43. The van der Waals surface area contributed by atoms with Crippen LogP contribution in [0.25, 0.3) is 6.08 Å². The number of hydrogen-bond donors (Lipinski definition) is 1. The molecule has 1 atom stereocenters. The van der Waals surface area contributed by atoms with E-state index in [-0.39, 0.29) is 5.91 Å². The quantitative estimate of drug-likeness (QED) is 0.646. The van der Waals surface area contributed by atoms with Gasteiger partial charge in [0.25, 0.3) is 5.91 Å². The van der Waals surface area contributed by atoms with Gasteiger partial charge in [0, 0.05) is 5.92 Å². The molecule has 1 aliphatic rings. The van der Waals surface area contributed by atoms with Crippen molar-refractivity contribution in [2.45, 2.75) is 12.8 Å². The number of amides is 1. The van der Waals surface area contributed by atoms with Gasteiger partial charge in [0.15, 0.2) is 5.17 Å². The number of nitriles is 1. The predicted octanol–water partition coefficient (Wildman–Crippen LogP) is 3.91. The van der Waals surface area contributed by atoms with Crippen LogP contribution in [0, 0.1) is 11.5 Å². The Morgan fingerprint density at radius 1 is 1.23 bits per heavy atom. The van der Waals surface area contributed by atoms with Crippen molar-refractivity contribution >= 4 is 28.9 Å². The number of carbonyl (C=O) groups is 1. The van der Waals surface area contributed by atoms with Gasteiger partial charge in [-0.2, -0.15) is 5.26 Å². The number of nitrogens with zero attached hydrogens (tertiary/aromatic N) is 2. The van der Waals surface area contributed by atoms with E-state index in [9.17, 15) is 4.79 Å². The number of benzene rings is 2. The van der Waals surface area contributed by atoms with Gasteiger partial charge in [-0.15, -0.1) is 4.99 Å². The average Bonchev–Trinajstić information content (AvgIpc) is 3.01. The SMILES string of the molecule is CC(COc1ccc(/C=C2/SC(=NC#N)NC2=O)cc1)c1ccccc1. The summed E-state index contributed by atoms with van der Waals surface area (Å²) in [6, 6.07) is 17.8. The highest BCUT2D eigenvalue weighted by atomic mass is 32.2. The molecule has 2 aromatic rings. The molecule has 1 heterocycles. The van der Waals surface area contributed by atoms with Gasteiger partial charge in [-0.3, -0.25) is 10.1 Å². The Labute approximate surface area is 156 Å². The fourth-order valence-corrected chi connectivity index (χ4v) is 3.21. The number of rotatable bonds is 5. The number of amidine groups is 1. The highest BCUT2D eigenvalue weighted by Gasteiger charge is 2.23. The molecule has 1 N–H and O–H groups in total. The molecule has 0 aliphatic carbocycles. The second-order valence-corrected chi connectivity index (χ2v) is 6.80. The number of hydrogen-bond acceptors (Lipinski definition) is 5. The summed E-state index contributed by atoms with van der Waals surface area (Å²) < 4.78 is 5.86. The molecule has 3 rings (SSSR count). The summed E-state index contributed by atoms with van der Waals surface area (Å²) in [6.45, 7) is 2.72. The van der Waals surface area contributed by atoms with Crippen LogP contribution in [0.1, 0.15) is 24.0 Å². The van der Waals surface area contributed by atoms with E-state index in [2.05, 4.69) is 29.4 Å². The molecule has 1 unspecified atom stereocenters. The van der Waals surface area contributed by atoms with Crippen LogP contribution in [0.5, 0.6) is 5.75 Å². The second-order valence-electron chi connectivity index (χ2n) is 5.77. The zero-order chi connectivity index (χ0) is 18.4. The molecule has 1 aliphatic heterocycles. The van der Waals surface area contributed by atoms with Crippen molar-refractivity contribution in [2.75, 3.05) is 6.61 Å². The van der Waals surface area contributed by atoms with E-state index in [1.807, 2.05) is 42.5 Å². The molecule has 26 heavy (non-hydrogen) atoms. The summed E-state index contributed by atoms with van der Waals surface area (Å²) in [5.41, 5.74) is 2.12. The minimum absolute atomic E-state index is 0.249. The third kappa shape index (κ3) is 4.52. The van der Waals surface area contributed by atoms with Crippen molar-refractivity contribution in [2.24, 2.45) is 4.99 Å². The molecular weight excluding hydrogens is 346 g/mol. The van der Waals surface area contributed by atoms with E-state index in [0.29, 0.717) is 22.6 Å². The summed E-state index contributed by atoms with van der Waals surface area (Å²) in [7, 11) is 0. The third-order valence-corrected chi connectivity index (χ3v) is 4.76. The van der Waals surface area contributed by atoms with Gasteiger partial charge in [0.1, 0.15) is 5.75 Å². The number of carbonyl (C=O) groups excluding carboxylic acids is 1. The number of ether oxygens (including phenoxy) is 1. The van der Waals surface area contributed by atoms with E-state index in [1.54, 1.807) is 12.3 Å². The van der Waals surface area contributed by atoms with Crippen LogP contribution in [0.2, 0.25) is 0 Å². The molecule has 0 bridgehead atoms. The van der Waals surface area contributed by atoms with E-state index in [0.717, 1.165) is 23.1 Å². The number of thioether (sulfide) groups is 1. The topological polar surface area (TPSA) is 74.5 Å². The third-order valence-electron chi connectivity index (χ3n) is 3.85. The minimum atomic E-state index is -0.249. The largest absolute Gasteiger partial charge is 0.493 e. The van der Waals surface area contributed by atoms with Crippen molar-refractivity contribution in [3.05, 3.63) is 70.6 Å². The fourth-order valence-electron chi connectivity index (χ4n) is 2.44. The van der Waals surface area contributed by atoms with E-state index in [1.165, 1.54) is 5.56 Å². The van der Waals surface area contributed by atoms with E-state index < -0.39 is 0 Å². The summed E-state index contributed by atoms with van der Waals surface area (Å²) in [4.78, 5) is 15.9. The van der Waals surface area contributed by atoms with Crippen LogP contribution in [-0.2, 0) is 4.79 Å². The monoisotopic (exact) mass is 363 g/mol. The zero-order valence-corrected chi connectivity index (χ0v) is 15.0. The maximum atomic E-state index is 11.8. The molecule has 5 nitrogen and oxygen atoms in total. The van der Waals surface area contributed by atoms with Crippen LogP contribution in [0.4, 0.5) is 0 Å². The summed E-state index contributed by atoms with van der Waals surface area (Å²) in [5.74, 6) is 0.834. The summed E-state index contributed by atoms with van der Waals surface area (Å²) >= 11 is 1.15. The fraction of sp³-hybridized carbons (Fsp3) is 0.150. The lowest BCUT2D eigenvalue weighted by molar-refractivity contribution is -0.115. The Kier molecular flexibility index (Phi) is 5.72. The van der Waals surface area contributed by atoms with Crippen molar-refractivity contribution < 1.29 is 9.53 Å². The first-order valence-electron chi connectivity index (χ1n) is 8.11. The van der Waals surface area contributed by atoms with Crippen LogP contribution in [0.15, 0.2) is 64.5 Å². The Bertz CT molecular complexity index is 884. The van der Waals surface area contributed by atoms with Crippen molar-refractivity contribution in [1.82, 2.24) is 5.32 Å². The number of nitrogens with one attached hydrogen (secondary N) is 1. The smallest absolute Gasteiger partial charge is 0.264 e. The van der Waals surface area contributed by atoms with Crippen LogP contribution < -0.4 is 10.1 Å². The molecule has 130 valence electrons. The Morgan fingerprint density at radius 2 is 1.96 bits per heavy atom. The predicted molar refractivity (Wildman–Crippen MR) is 104 cm³/mol. The molecule has 2 aromatic carbocycles. The highest BCUT2D eigenvalue weighted by molar-refractivity contribution is 8.18. The van der Waals surface area contributed by atoms with Gasteiger partial charge in [0.05, 0.1) is 11.5 Å². The molecule has 0 aromatic heterocycles. The zero-order valence-electron chi connectivity index (χ0n) is 14.2. The van der Waals surface area contributed by atoms with Gasteiger partial charge in [-0.05, 0) is 41.1 Å². The van der Waals surface area contributed by atoms with Gasteiger partial charge in [-0.25, -0.2) is 0 Å². The van der Waals surface area contributed by atoms with Gasteiger partial charge in [0.2, 0.25) is 6.19 Å². The first-order valence-corrected chi connectivity index (χ1v) is 8.93.